The monoisotopic (exact) mass is 183 g/mol. The number of hydrogen-bond acceptors (Lipinski definition) is 4. The average Bonchev–Trinajstić information content (AvgIpc) is 2.75. The Morgan fingerprint density at radius 3 is 3.15 bits per heavy atom. The summed E-state index contributed by atoms with van der Waals surface area (Å²) in [4.78, 5) is 9.90. The highest BCUT2D eigenvalue weighted by atomic mass is 16.6. The summed E-state index contributed by atoms with van der Waals surface area (Å²) in [7, 11) is 0. The molecule has 1 aliphatic heterocycles. The molecule has 1 saturated heterocycles. The lowest BCUT2D eigenvalue weighted by atomic mass is 10.3. The Hall–Kier alpha value is -1.43. The first-order valence-corrected chi connectivity index (χ1v) is 4.03. The zero-order chi connectivity index (χ0) is 9.26. The molecule has 0 bridgehead atoms. The minimum Gasteiger partial charge on any atom is -0.379 e. The SMILES string of the molecule is O=[N+]([O-])c1cnn([C@@H]2CCOC2)c1. The molecule has 0 N–H and O–H groups in total. The third-order valence-electron chi connectivity index (χ3n) is 2.08. The van der Waals surface area contributed by atoms with Crippen LogP contribution in [0.3, 0.4) is 0 Å². The van der Waals surface area contributed by atoms with Crippen molar-refractivity contribution in [2.24, 2.45) is 0 Å². The van der Waals surface area contributed by atoms with Crippen LogP contribution in [0.2, 0.25) is 0 Å². The first kappa shape index (κ1) is 8.18. The fraction of sp³-hybridized carbons (Fsp3) is 0.571. The van der Waals surface area contributed by atoms with Crippen LogP contribution in [0.4, 0.5) is 5.69 Å². The lowest BCUT2D eigenvalue weighted by Gasteiger charge is -2.05. The van der Waals surface area contributed by atoms with Crippen molar-refractivity contribution in [2.45, 2.75) is 12.5 Å². The third kappa shape index (κ3) is 1.52. The van der Waals surface area contributed by atoms with E-state index < -0.39 is 4.92 Å². The molecule has 70 valence electrons. The Morgan fingerprint density at radius 2 is 2.62 bits per heavy atom. The maximum Gasteiger partial charge on any atom is 0.307 e. The lowest BCUT2D eigenvalue weighted by Crippen LogP contribution is -2.08. The van der Waals surface area contributed by atoms with Gasteiger partial charge in [0.2, 0.25) is 0 Å². The van der Waals surface area contributed by atoms with Crippen molar-refractivity contribution in [3.05, 3.63) is 22.5 Å². The van der Waals surface area contributed by atoms with E-state index in [2.05, 4.69) is 5.10 Å². The van der Waals surface area contributed by atoms with E-state index in [1.807, 2.05) is 0 Å². The Labute approximate surface area is 74.3 Å². The highest BCUT2D eigenvalue weighted by Crippen LogP contribution is 2.20. The molecular formula is C7H9N3O3. The molecule has 1 aliphatic rings. The van der Waals surface area contributed by atoms with Crippen molar-refractivity contribution >= 4 is 5.69 Å². The summed E-state index contributed by atoms with van der Waals surface area (Å²) < 4.78 is 6.75. The van der Waals surface area contributed by atoms with Gasteiger partial charge in [0.1, 0.15) is 12.4 Å². The molecule has 0 aliphatic carbocycles. The van der Waals surface area contributed by atoms with E-state index in [4.69, 9.17) is 4.74 Å². The smallest absolute Gasteiger partial charge is 0.307 e. The molecule has 13 heavy (non-hydrogen) atoms. The van der Waals surface area contributed by atoms with Crippen LogP contribution in [0.25, 0.3) is 0 Å². The van der Waals surface area contributed by atoms with Gasteiger partial charge in [-0.15, -0.1) is 0 Å². The maximum absolute atomic E-state index is 10.4. The molecule has 6 heteroatoms. The number of nitro groups is 1. The van der Waals surface area contributed by atoms with E-state index in [0.717, 1.165) is 6.42 Å². The Morgan fingerprint density at radius 1 is 1.77 bits per heavy atom. The molecule has 1 aromatic rings. The van der Waals surface area contributed by atoms with Gasteiger partial charge in [-0.25, -0.2) is 0 Å². The summed E-state index contributed by atoms with van der Waals surface area (Å²) >= 11 is 0. The normalized spacial score (nSPS) is 22.0. The van der Waals surface area contributed by atoms with E-state index in [-0.39, 0.29) is 11.7 Å². The summed E-state index contributed by atoms with van der Waals surface area (Å²) in [5, 5.41) is 14.3. The van der Waals surface area contributed by atoms with Crippen LogP contribution >= 0.6 is 0 Å². The van der Waals surface area contributed by atoms with Gasteiger partial charge in [-0.3, -0.25) is 14.8 Å². The Bertz CT molecular complexity index is 317. The van der Waals surface area contributed by atoms with Crippen molar-refractivity contribution in [2.75, 3.05) is 13.2 Å². The number of rotatable bonds is 2. The van der Waals surface area contributed by atoms with Gasteiger partial charge >= 0.3 is 5.69 Å². The Kier molecular flexibility index (Phi) is 1.97. The van der Waals surface area contributed by atoms with Gasteiger partial charge in [0.25, 0.3) is 0 Å². The van der Waals surface area contributed by atoms with E-state index >= 15 is 0 Å². The number of aromatic nitrogens is 2. The molecule has 2 heterocycles. The summed E-state index contributed by atoms with van der Waals surface area (Å²) in [6.45, 7) is 1.30. The summed E-state index contributed by atoms with van der Waals surface area (Å²) in [6, 6.07) is 0.161. The molecule has 2 rings (SSSR count). The zero-order valence-corrected chi connectivity index (χ0v) is 6.92. The molecule has 0 radical (unpaired) electrons. The lowest BCUT2D eigenvalue weighted by molar-refractivity contribution is -0.385. The van der Waals surface area contributed by atoms with E-state index in [9.17, 15) is 10.1 Å². The van der Waals surface area contributed by atoms with Crippen LogP contribution in [0.1, 0.15) is 12.5 Å². The van der Waals surface area contributed by atoms with Gasteiger partial charge in [-0.1, -0.05) is 0 Å². The fourth-order valence-corrected chi connectivity index (χ4v) is 1.35. The minimum atomic E-state index is -0.445. The minimum absolute atomic E-state index is 0.0342. The molecule has 0 saturated carbocycles. The molecule has 0 amide bonds. The van der Waals surface area contributed by atoms with E-state index in [1.165, 1.54) is 12.4 Å². The van der Waals surface area contributed by atoms with Crippen LogP contribution in [-0.2, 0) is 4.74 Å². The second-order valence-electron chi connectivity index (χ2n) is 2.95. The zero-order valence-electron chi connectivity index (χ0n) is 6.92. The molecular weight excluding hydrogens is 174 g/mol. The largest absolute Gasteiger partial charge is 0.379 e. The molecule has 1 atom stereocenters. The summed E-state index contributed by atoms with van der Waals surface area (Å²) in [5.41, 5.74) is 0.0342. The first-order valence-electron chi connectivity index (χ1n) is 4.03. The number of hydrogen-bond donors (Lipinski definition) is 0. The summed E-state index contributed by atoms with van der Waals surface area (Å²) in [5.74, 6) is 0. The molecule has 6 nitrogen and oxygen atoms in total. The highest BCUT2D eigenvalue weighted by molar-refractivity contribution is 5.21. The molecule has 1 fully saturated rings. The molecule has 0 unspecified atom stereocenters. The van der Waals surface area contributed by atoms with Gasteiger partial charge < -0.3 is 4.74 Å². The summed E-state index contributed by atoms with van der Waals surface area (Å²) in [6.07, 6.45) is 3.58. The standard InChI is InChI=1S/C7H9N3O3/c11-10(12)7-3-8-9(4-7)6-1-2-13-5-6/h3-4,6H,1-2,5H2/t6-/m1/s1. The number of nitrogens with zero attached hydrogens (tertiary/aromatic N) is 3. The second-order valence-corrected chi connectivity index (χ2v) is 2.95. The van der Waals surface area contributed by atoms with Crippen molar-refractivity contribution in [3.63, 3.8) is 0 Å². The van der Waals surface area contributed by atoms with Crippen molar-refractivity contribution in [3.8, 4) is 0 Å². The molecule has 0 aromatic carbocycles. The number of ether oxygens (including phenoxy) is 1. The highest BCUT2D eigenvalue weighted by Gasteiger charge is 2.20. The quantitative estimate of drug-likeness (QED) is 0.501. The fourth-order valence-electron chi connectivity index (χ4n) is 1.35. The second kappa shape index (κ2) is 3.14. The van der Waals surface area contributed by atoms with Crippen LogP contribution < -0.4 is 0 Å². The van der Waals surface area contributed by atoms with Gasteiger partial charge in [-0.2, -0.15) is 5.10 Å². The van der Waals surface area contributed by atoms with Crippen LogP contribution in [0.15, 0.2) is 12.4 Å². The van der Waals surface area contributed by atoms with Crippen LogP contribution in [0.5, 0.6) is 0 Å². The molecule has 0 spiro atoms. The van der Waals surface area contributed by atoms with E-state index in [1.54, 1.807) is 4.68 Å². The Balaban J connectivity index is 2.16. The topological polar surface area (TPSA) is 70.2 Å². The van der Waals surface area contributed by atoms with E-state index in [0.29, 0.717) is 13.2 Å². The van der Waals surface area contributed by atoms with Crippen molar-refractivity contribution in [1.29, 1.82) is 0 Å². The predicted octanol–water partition coefficient (Wildman–Crippen LogP) is 0.753. The third-order valence-corrected chi connectivity index (χ3v) is 2.08. The van der Waals surface area contributed by atoms with Gasteiger partial charge in [0.15, 0.2) is 0 Å². The molecule has 1 aromatic heterocycles. The first-order chi connectivity index (χ1) is 6.27. The van der Waals surface area contributed by atoms with Gasteiger partial charge in [0.05, 0.1) is 17.6 Å². The van der Waals surface area contributed by atoms with Crippen molar-refractivity contribution < 1.29 is 9.66 Å². The van der Waals surface area contributed by atoms with Gasteiger partial charge in [-0.05, 0) is 6.42 Å². The van der Waals surface area contributed by atoms with Gasteiger partial charge in [0, 0.05) is 6.61 Å². The average molecular weight is 183 g/mol. The van der Waals surface area contributed by atoms with Crippen molar-refractivity contribution in [1.82, 2.24) is 9.78 Å². The predicted molar refractivity (Wildman–Crippen MR) is 43.4 cm³/mol. The van der Waals surface area contributed by atoms with Crippen LogP contribution in [-0.4, -0.2) is 27.9 Å². The van der Waals surface area contributed by atoms with Crippen LogP contribution in [0, 0.1) is 10.1 Å². The maximum atomic E-state index is 10.4.